The fourth-order valence-corrected chi connectivity index (χ4v) is 2.01. The number of hydrogen-bond acceptors (Lipinski definition) is 2. The van der Waals surface area contributed by atoms with Gasteiger partial charge < -0.3 is 10.6 Å². The quantitative estimate of drug-likeness (QED) is 0.841. The number of anilines is 1. The molecule has 1 rings (SSSR count). The van der Waals surface area contributed by atoms with Gasteiger partial charge in [0.15, 0.2) is 0 Å². The number of benzene rings is 1. The van der Waals surface area contributed by atoms with Crippen molar-refractivity contribution in [2.45, 2.75) is 33.1 Å². The van der Waals surface area contributed by atoms with Crippen LogP contribution in [0, 0.1) is 5.92 Å². The fraction of sp³-hybridized carbons (Fsp3) is 0.533. The maximum Gasteiger partial charge on any atom is 0.229 e. The maximum absolute atomic E-state index is 12.1. The molecule has 0 fully saturated rings. The molecule has 0 aliphatic rings. The van der Waals surface area contributed by atoms with Crippen molar-refractivity contribution in [1.82, 2.24) is 0 Å². The second-order valence-corrected chi connectivity index (χ2v) is 4.79. The standard InChI is InChI=1S/C15H24N2O/c1-4-5-13-6-8-14(9-7-13)17(3)15(18)12(2)10-11-16/h6-9,12H,4-5,10-11,16H2,1-3H3. The number of hydrogen-bond donors (Lipinski definition) is 1. The lowest BCUT2D eigenvalue weighted by Crippen LogP contribution is -2.32. The summed E-state index contributed by atoms with van der Waals surface area (Å²) in [5.41, 5.74) is 7.75. The van der Waals surface area contributed by atoms with Gasteiger partial charge in [0.25, 0.3) is 0 Å². The summed E-state index contributed by atoms with van der Waals surface area (Å²) in [7, 11) is 1.82. The first-order valence-electron chi connectivity index (χ1n) is 6.66. The van der Waals surface area contributed by atoms with E-state index >= 15 is 0 Å². The topological polar surface area (TPSA) is 46.3 Å². The Bertz CT molecular complexity index is 373. The van der Waals surface area contributed by atoms with Crippen LogP contribution in [0.15, 0.2) is 24.3 Å². The Labute approximate surface area is 110 Å². The highest BCUT2D eigenvalue weighted by Gasteiger charge is 2.17. The Balaban J connectivity index is 2.71. The summed E-state index contributed by atoms with van der Waals surface area (Å²) in [6, 6.07) is 8.21. The van der Waals surface area contributed by atoms with Gasteiger partial charge in [0.05, 0.1) is 0 Å². The predicted molar refractivity (Wildman–Crippen MR) is 76.7 cm³/mol. The molecule has 0 saturated heterocycles. The molecule has 0 aliphatic heterocycles. The van der Waals surface area contributed by atoms with E-state index in [4.69, 9.17) is 5.73 Å². The van der Waals surface area contributed by atoms with Gasteiger partial charge in [0.2, 0.25) is 5.91 Å². The highest BCUT2D eigenvalue weighted by atomic mass is 16.2. The summed E-state index contributed by atoms with van der Waals surface area (Å²) >= 11 is 0. The SMILES string of the molecule is CCCc1ccc(N(C)C(=O)C(C)CCN)cc1. The molecule has 18 heavy (non-hydrogen) atoms. The van der Waals surface area contributed by atoms with Crippen LogP contribution in [0.5, 0.6) is 0 Å². The number of rotatable bonds is 6. The van der Waals surface area contributed by atoms with Crippen LogP contribution < -0.4 is 10.6 Å². The third kappa shape index (κ3) is 3.84. The molecular weight excluding hydrogens is 224 g/mol. The van der Waals surface area contributed by atoms with Gasteiger partial charge in [0, 0.05) is 18.7 Å². The molecule has 0 bridgehead atoms. The Kier molecular flexibility index (Phi) is 5.86. The number of carbonyl (C=O) groups excluding carboxylic acids is 1. The van der Waals surface area contributed by atoms with E-state index in [0.717, 1.165) is 24.9 Å². The first-order chi connectivity index (χ1) is 8.60. The zero-order valence-corrected chi connectivity index (χ0v) is 11.6. The van der Waals surface area contributed by atoms with Crippen molar-refractivity contribution in [3.63, 3.8) is 0 Å². The van der Waals surface area contributed by atoms with Crippen molar-refractivity contribution in [3.05, 3.63) is 29.8 Å². The van der Waals surface area contributed by atoms with Crippen LogP contribution in [0.2, 0.25) is 0 Å². The Morgan fingerprint density at radius 1 is 1.33 bits per heavy atom. The summed E-state index contributed by atoms with van der Waals surface area (Å²) < 4.78 is 0. The van der Waals surface area contributed by atoms with E-state index < -0.39 is 0 Å². The maximum atomic E-state index is 12.1. The van der Waals surface area contributed by atoms with Gasteiger partial charge in [-0.25, -0.2) is 0 Å². The molecule has 3 nitrogen and oxygen atoms in total. The average Bonchev–Trinajstić information content (AvgIpc) is 2.38. The summed E-state index contributed by atoms with van der Waals surface area (Å²) in [6.45, 7) is 4.64. The molecule has 1 aromatic rings. The van der Waals surface area contributed by atoms with Crippen molar-refractivity contribution in [1.29, 1.82) is 0 Å². The van der Waals surface area contributed by atoms with Crippen LogP contribution >= 0.6 is 0 Å². The number of amides is 1. The number of aryl methyl sites for hydroxylation is 1. The zero-order chi connectivity index (χ0) is 13.5. The highest BCUT2D eigenvalue weighted by Crippen LogP contribution is 2.17. The van der Waals surface area contributed by atoms with Gasteiger partial charge in [-0.05, 0) is 37.1 Å². The van der Waals surface area contributed by atoms with E-state index in [-0.39, 0.29) is 11.8 Å². The monoisotopic (exact) mass is 248 g/mol. The van der Waals surface area contributed by atoms with Gasteiger partial charge >= 0.3 is 0 Å². The Hall–Kier alpha value is -1.35. The summed E-state index contributed by atoms with van der Waals surface area (Å²) in [6.07, 6.45) is 2.96. The van der Waals surface area contributed by atoms with Crippen LogP contribution in [0.4, 0.5) is 5.69 Å². The van der Waals surface area contributed by atoms with E-state index in [0.29, 0.717) is 6.54 Å². The largest absolute Gasteiger partial charge is 0.330 e. The number of nitrogens with zero attached hydrogens (tertiary/aromatic N) is 1. The lowest BCUT2D eigenvalue weighted by Gasteiger charge is -2.21. The molecule has 1 unspecified atom stereocenters. The normalized spacial score (nSPS) is 12.2. The fourth-order valence-electron chi connectivity index (χ4n) is 2.01. The lowest BCUT2D eigenvalue weighted by atomic mass is 10.1. The minimum Gasteiger partial charge on any atom is -0.330 e. The highest BCUT2D eigenvalue weighted by molar-refractivity contribution is 5.94. The van der Waals surface area contributed by atoms with E-state index in [2.05, 4.69) is 19.1 Å². The first-order valence-corrected chi connectivity index (χ1v) is 6.66. The third-order valence-corrected chi connectivity index (χ3v) is 3.21. The molecule has 0 spiro atoms. The Morgan fingerprint density at radius 3 is 2.44 bits per heavy atom. The van der Waals surface area contributed by atoms with Gasteiger partial charge in [-0.3, -0.25) is 4.79 Å². The van der Waals surface area contributed by atoms with Crippen LogP contribution in [0.3, 0.4) is 0 Å². The predicted octanol–water partition coefficient (Wildman–Crippen LogP) is 2.59. The molecule has 1 aromatic carbocycles. The molecule has 0 aliphatic carbocycles. The minimum atomic E-state index is -0.0182. The van der Waals surface area contributed by atoms with E-state index in [1.807, 2.05) is 26.1 Å². The molecule has 0 radical (unpaired) electrons. The average molecular weight is 248 g/mol. The number of nitrogens with two attached hydrogens (primary N) is 1. The number of carbonyl (C=O) groups is 1. The van der Waals surface area contributed by atoms with Crippen molar-refractivity contribution in [3.8, 4) is 0 Å². The molecule has 1 atom stereocenters. The van der Waals surface area contributed by atoms with E-state index in [1.54, 1.807) is 4.90 Å². The third-order valence-electron chi connectivity index (χ3n) is 3.21. The first kappa shape index (κ1) is 14.7. The van der Waals surface area contributed by atoms with Crippen molar-refractivity contribution in [2.75, 3.05) is 18.5 Å². The second kappa shape index (κ2) is 7.17. The summed E-state index contributed by atoms with van der Waals surface area (Å²) in [5.74, 6) is 0.110. The van der Waals surface area contributed by atoms with Gasteiger partial charge in [-0.1, -0.05) is 32.4 Å². The van der Waals surface area contributed by atoms with Crippen molar-refractivity contribution < 1.29 is 4.79 Å². The lowest BCUT2D eigenvalue weighted by molar-refractivity contribution is -0.121. The summed E-state index contributed by atoms with van der Waals surface area (Å²) in [5, 5.41) is 0. The molecule has 0 heterocycles. The van der Waals surface area contributed by atoms with Gasteiger partial charge in [-0.2, -0.15) is 0 Å². The molecule has 1 amide bonds. The molecule has 0 aromatic heterocycles. The molecular formula is C15H24N2O. The molecule has 100 valence electrons. The van der Waals surface area contributed by atoms with Crippen LogP contribution in [0.25, 0.3) is 0 Å². The smallest absolute Gasteiger partial charge is 0.229 e. The van der Waals surface area contributed by atoms with Crippen molar-refractivity contribution in [2.24, 2.45) is 11.7 Å². The zero-order valence-electron chi connectivity index (χ0n) is 11.6. The minimum absolute atomic E-state index is 0.0182. The van der Waals surface area contributed by atoms with E-state index in [1.165, 1.54) is 5.56 Å². The summed E-state index contributed by atoms with van der Waals surface area (Å²) in [4.78, 5) is 13.8. The second-order valence-electron chi connectivity index (χ2n) is 4.79. The van der Waals surface area contributed by atoms with Crippen LogP contribution in [-0.4, -0.2) is 19.5 Å². The van der Waals surface area contributed by atoms with Crippen molar-refractivity contribution >= 4 is 11.6 Å². The van der Waals surface area contributed by atoms with Crippen LogP contribution in [0.1, 0.15) is 32.3 Å². The molecule has 0 saturated carbocycles. The van der Waals surface area contributed by atoms with Gasteiger partial charge in [-0.15, -0.1) is 0 Å². The molecule has 3 heteroatoms. The van der Waals surface area contributed by atoms with Gasteiger partial charge in [0.1, 0.15) is 0 Å². The Morgan fingerprint density at radius 2 is 1.94 bits per heavy atom. The van der Waals surface area contributed by atoms with E-state index in [9.17, 15) is 4.79 Å². The van der Waals surface area contributed by atoms with Crippen LogP contribution in [-0.2, 0) is 11.2 Å². The molecule has 2 N–H and O–H groups in total.